The maximum Gasteiger partial charge on any atom is 0.294 e. The Morgan fingerprint density at radius 2 is 1.60 bits per heavy atom. The molecule has 1 heterocycles. The molecule has 0 aliphatic heterocycles. The molecule has 1 fully saturated rings. The maximum atomic E-state index is 11.2. The van der Waals surface area contributed by atoms with Gasteiger partial charge in [-0.3, -0.25) is 15.4 Å². The van der Waals surface area contributed by atoms with Gasteiger partial charge in [-0.1, -0.05) is 43.2 Å². The van der Waals surface area contributed by atoms with Crippen molar-refractivity contribution in [2.45, 2.75) is 36.6 Å². The zero-order valence-electron chi connectivity index (χ0n) is 16.2. The number of rotatable bonds is 7. The molecular weight excluding hydrogens is 402 g/mol. The zero-order valence-corrected chi connectivity index (χ0v) is 17.1. The SMILES string of the molecule is O=S(=O)(O)c1ccc(NNc2cc(-c3ccccc3)nc(NC3CCCC3)n2)cc1. The van der Waals surface area contributed by atoms with Crippen LogP contribution in [0.5, 0.6) is 0 Å². The van der Waals surface area contributed by atoms with Gasteiger partial charge in [0.05, 0.1) is 16.3 Å². The number of anilines is 3. The molecule has 1 aliphatic rings. The summed E-state index contributed by atoms with van der Waals surface area (Å²) in [6.07, 6.45) is 4.64. The first-order valence-electron chi connectivity index (χ1n) is 9.78. The Balaban J connectivity index is 1.55. The van der Waals surface area contributed by atoms with Crippen LogP contribution in [0, 0.1) is 0 Å². The largest absolute Gasteiger partial charge is 0.351 e. The van der Waals surface area contributed by atoms with Crippen molar-refractivity contribution in [3.8, 4) is 11.3 Å². The number of benzene rings is 2. The van der Waals surface area contributed by atoms with Crippen LogP contribution in [0.2, 0.25) is 0 Å². The van der Waals surface area contributed by atoms with Gasteiger partial charge in [0.15, 0.2) is 5.82 Å². The molecule has 4 rings (SSSR count). The molecule has 9 heteroatoms. The van der Waals surface area contributed by atoms with Crippen LogP contribution in [0.15, 0.2) is 65.6 Å². The third kappa shape index (κ3) is 5.05. The van der Waals surface area contributed by atoms with Crippen LogP contribution in [-0.2, 0) is 10.1 Å². The van der Waals surface area contributed by atoms with Gasteiger partial charge in [-0.15, -0.1) is 0 Å². The monoisotopic (exact) mass is 425 g/mol. The first-order chi connectivity index (χ1) is 14.5. The number of hydrogen-bond donors (Lipinski definition) is 4. The quantitative estimate of drug-likeness (QED) is 0.329. The van der Waals surface area contributed by atoms with Gasteiger partial charge < -0.3 is 5.32 Å². The van der Waals surface area contributed by atoms with Gasteiger partial charge in [0.25, 0.3) is 10.1 Å². The number of nitrogens with zero attached hydrogens (tertiary/aromatic N) is 2. The summed E-state index contributed by atoms with van der Waals surface area (Å²) in [5.74, 6) is 1.14. The van der Waals surface area contributed by atoms with Gasteiger partial charge in [0, 0.05) is 17.7 Å². The van der Waals surface area contributed by atoms with Gasteiger partial charge >= 0.3 is 0 Å². The second-order valence-corrected chi connectivity index (χ2v) is 8.62. The lowest BCUT2D eigenvalue weighted by Crippen LogP contribution is -2.18. The molecule has 0 atom stereocenters. The van der Waals surface area contributed by atoms with E-state index in [9.17, 15) is 8.42 Å². The van der Waals surface area contributed by atoms with E-state index in [2.05, 4.69) is 26.1 Å². The molecule has 0 bridgehead atoms. The Morgan fingerprint density at radius 3 is 2.27 bits per heavy atom. The summed E-state index contributed by atoms with van der Waals surface area (Å²) in [4.78, 5) is 9.08. The number of hydrazine groups is 1. The summed E-state index contributed by atoms with van der Waals surface area (Å²) < 4.78 is 31.4. The minimum Gasteiger partial charge on any atom is -0.351 e. The number of aromatic nitrogens is 2. The van der Waals surface area contributed by atoms with Gasteiger partial charge in [-0.2, -0.15) is 13.4 Å². The summed E-state index contributed by atoms with van der Waals surface area (Å²) in [6.45, 7) is 0. The van der Waals surface area contributed by atoms with Crippen LogP contribution >= 0.6 is 0 Å². The third-order valence-electron chi connectivity index (χ3n) is 4.97. The van der Waals surface area contributed by atoms with E-state index in [-0.39, 0.29) is 4.90 Å². The van der Waals surface area contributed by atoms with E-state index in [1.165, 1.54) is 25.0 Å². The highest BCUT2D eigenvalue weighted by atomic mass is 32.2. The second kappa shape index (κ2) is 8.68. The molecule has 156 valence electrons. The molecule has 0 amide bonds. The average Bonchev–Trinajstić information content (AvgIpc) is 3.25. The van der Waals surface area contributed by atoms with E-state index in [0.717, 1.165) is 24.1 Å². The first kappa shape index (κ1) is 20.1. The summed E-state index contributed by atoms with van der Waals surface area (Å²) >= 11 is 0. The number of hydrogen-bond acceptors (Lipinski definition) is 7. The summed E-state index contributed by atoms with van der Waals surface area (Å²) in [7, 11) is -4.22. The molecule has 2 aromatic carbocycles. The lowest BCUT2D eigenvalue weighted by Gasteiger charge is -2.15. The molecule has 1 aliphatic carbocycles. The van der Waals surface area contributed by atoms with Gasteiger partial charge in [0.2, 0.25) is 5.95 Å². The highest BCUT2D eigenvalue weighted by Gasteiger charge is 2.17. The Labute approximate surface area is 175 Å². The molecular formula is C21H23N5O3S. The lowest BCUT2D eigenvalue weighted by molar-refractivity contribution is 0.483. The summed E-state index contributed by atoms with van der Waals surface area (Å²) in [5.41, 5.74) is 8.42. The van der Waals surface area contributed by atoms with E-state index < -0.39 is 10.1 Å². The summed E-state index contributed by atoms with van der Waals surface area (Å²) in [6, 6.07) is 17.8. The fraction of sp³-hybridized carbons (Fsp3) is 0.238. The topological polar surface area (TPSA) is 116 Å². The van der Waals surface area contributed by atoms with Crippen molar-refractivity contribution in [1.82, 2.24) is 9.97 Å². The van der Waals surface area contributed by atoms with Crippen LogP contribution < -0.4 is 16.2 Å². The van der Waals surface area contributed by atoms with Crippen LogP contribution in [0.3, 0.4) is 0 Å². The normalized spacial score (nSPS) is 14.4. The van der Waals surface area contributed by atoms with Crippen molar-refractivity contribution in [3.63, 3.8) is 0 Å². The molecule has 1 saturated carbocycles. The highest BCUT2D eigenvalue weighted by Crippen LogP contribution is 2.25. The zero-order chi connectivity index (χ0) is 21.0. The predicted molar refractivity (Wildman–Crippen MR) is 117 cm³/mol. The van der Waals surface area contributed by atoms with Crippen molar-refractivity contribution in [3.05, 3.63) is 60.7 Å². The fourth-order valence-corrected chi connectivity index (χ4v) is 3.91. The lowest BCUT2D eigenvalue weighted by atomic mass is 10.1. The van der Waals surface area contributed by atoms with Crippen molar-refractivity contribution < 1.29 is 13.0 Å². The van der Waals surface area contributed by atoms with Gasteiger partial charge in [-0.25, -0.2) is 4.98 Å². The van der Waals surface area contributed by atoms with Crippen molar-refractivity contribution in [1.29, 1.82) is 0 Å². The van der Waals surface area contributed by atoms with Crippen LogP contribution in [-0.4, -0.2) is 29.0 Å². The highest BCUT2D eigenvalue weighted by molar-refractivity contribution is 7.85. The molecule has 0 unspecified atom stereocenters. The molecule has 0 radical (unpaired) electrons. The molecule has 1 aromatic heterocycles. The number of nitrogens with one attached hydrogen (secondary N) is 3. The van der Waals surface area contributed by atoms with Crippen molar-refractivity contribution in [2.75, 3.05) is 16.2 Å². The molecule has 3 aromatic rings. The standard InChI is InChI=1S/C21H23N5O3S/c27-30(28,29)18-12-10-17(11-13-18)25-26-20-14-19(15-6-2-1-3-7-15)23-21(24-20)22-16-8-4-5-9-16/h1-3,6-7,10-14,16,25H,4-5,8-9H2,(H,27,28,29)(H2,22,23,24,26). The summed E-state index contributed by atoms with van der Waals surface area (Å²) in [5, 5.41) is 3.43. The van der Waals surface area contributed by atoms with Gasteiger partial charge in [0.1, 0.15) is 0 Å². The third-order valence-corrected chi connectivity index (χ3v) is 5.84. The second-order valence-electron chi connectivity index (χ2n) is 7.20. The van der Waals surface area contributed by atoms with E-state index in [1.807, 2.05) is 36.4 Å². The van der Waals surface area contributed by atoms with Crippen LogP contribution in [0.1, 0.15) is 25.7 Å². The fourth-order valence-electron chi connectivity index (χ4n) is 3.43. The maximum absolute atomic E-state index is 11.2. The molecule has 8 nitrogen and oxygen atoms in total. The van der Waals surface area contributed by atoms with Gasteiger partial charge in [-0.05, 0) is 37.1 Å². The Kier molecular flexibility index (Phi) is 5.82. The Morgan fingerprint density at radius 1 is 0.900 bits per heavy atom. The molecule has 0 spiro atoms. The minimum atomic E-state index is -4.22. The van der Waals surface area contributed by atoms with E-state index in [0.29, 0.717) is 23.5 Å². The molecule has 30 heavy (non-hydrogen) atoms. The first-order valence-corrected chi connectivity index (χ1v) is 11.2. The predicted octanol–water partition coefficient (Wildman–Crippen LogP) is 4.18. The van der Waals surface area contributed by atoms with E-state index in [4.69, 9.17) is 4.55 Å². The van der Waals surface area contributed by atoms with Crippen LogP contribution in [0.25, 0.3) is 11.3 Å². The van der Waals surface area contributed by atoms with Crippen LogP contribution in [0.4, 0.5) is 17.5 Å². The molecule has 4 N–H and O–H groups in total. The molecule has 0 saturated heterocycles. The Bertz CT molecular complexity index is 1100. The Hall–Kier alpha value is -3.17. The van der Waals surface area contributed by atoms with E-state index in [1.54, 1.807) is 12.1 Å². The van der Waals surface area contributed by atoms with Crippen molar-refractivity contribution in [2.24, 2.45) is 0 Å². The smallest absolute Gasteiger partial charge is 0.294 e. The minimum absolute atomic E-state index is 0.163. The van der Waals surface area contributed by atoms with Crippen molar-refractivity contribution >= 4 is 27.6 Å². The van der Waals surface area contributed by atoms with E-state index >= 15 is 0 Å². The average molecular weight is 426 g/mol.